The van der Waals surface area contributed by atoms with E-state index in [0.29, 0.717) is 0 Å². The molecule has 0 aliphatic heterocycles. The van der Waals surface area contributed by atoms with Crippen molar-refractivity contribution in [3.8, 4) is 0 Å². The van der Waals surface area contributed by atoms with Gasteiger partial charge in [-0.3, -0.25) is 0 Å². The molecule has 0 heterocycles. The van der Waals surface area contributed by atoms with E-state index in [1.165, 1.54) is 37.4 Å². The van der Waals surface area contributed by atoms with Gasteiger partial charge in [-0.15, -0.1) is 0 Å². The van der Waals surface area contributed by atoms with E-state index in [4.69, 9.17) is 17.2 Å². The van der Waals surface area contributed by atoms with Gasteiger partial charge in [0.25, 0.3) is 0 Å². The van der Waals surface area contributed by atoms with Crippen LogP contribution in [0, 0.1) is 0 Å². The Hall–Kier alpha value is 0.0969. The molecule has 0 rings (SSSR count). The molecule has 0 saturated heterocycles. The second-order valence-electron chi connectivity index (χ2n) is 3.43. The maximum atomic E-state index is 5.50. The van der Waals surface area contributed by atoms with E-state index >= 15 is 0 Å². The Morgan fingerprint density at radius 3 is 1.15 bits per heavy atom. The topological polar surface area (TPSA) is 78.1 Å². The van der Waals surface area contributed by atoms with Crippen LogP contribution in [0.25, 0.3) is 0 Å². The number of rotatable bonds is 9. The van der Waals surface area contributed by atoms with Crippen molar-refractivity contribution in [3.63, 3.8) is 0 Å². The Labute approximate surface area is 83.7 Å². The van der Waals surface area contributed by atoms with Gasteiger partial charge in [0.15, 0.2) is 0 Å². The lowest BCUT2D eigenvalue weighted by molar-refractivity contribution is 0.852. The molecule has 3 nitrogen and oxygen atoms in total. The molecule has 0 aromatic heterocycles. The van der Waals surface area contributed by atoms with Crippen LogP contribution >= 0.6 is 0 Å². The normalized spacial score (nSPS) is 11.1. The van der Waals surface area contributed by atoms with E-state index in [1.54, 1.807) is 0 Å². The monoisotopic (exact) mass is 202 g/mol. The average molecular weight is 202 g/mol. The fraction of sp³-hybridized carbons (Fsp3) is 1.00. The number of nitrogens with two attached hydrogens (primary N) is 3. The fourth-order valence-electron chi connectivity index (χ4n) is 1.43. The molecule has 0 aromatic carbocycles. The van der Waals surface area contributed by atoms with E-state index in [0.717, 1.165) is 19.6 Å². The molecule has 0 unspecified atom stereocenters. The van der Waals surface area contributed by atoms with Crippen LogP contribution in [0.1, 0.15) is 19.3 Å². The first kappa shape index (κ1) is 13.1. The molecule has 0 aliphatic carbocycles. The average Bonchev–Trinajstić information content (AvgIpc) is 2.17. The SMILES string of the molecule is NCCC[Si](CCCN)CCCN. The lowest BCUT2D eigenvalue weighted by atomic mass is 10.5. The minimum Gasteiger partial charge on any atom is -0.330 e. The van der Waals surface area contributed by atoms with Crippen LogP contribution in [0.5, 0.6) is 0 Å². The summed E-state index contributed by atoms with van der Waals surface area (Å²) in [6.45, 7) is 2.50. The van der Waals surface area contributed by atoms with Crippen LogP contribution in [-0.2, 0) is 0 Å². The molecule has 0 fully saturated rings. The Balaban J connectivity index is 3.47. The van der Waals surface area contributed by atoms with Gasteiger partial charge in [-0.2, -0.15) is 0 Å². The first-order chi connectivity index (χ1) is 6.35. The van der Waals surface area contributed by atoms with Crippen molar-refractivity contribution < 1.29 is 0 Å². The predicted molar refractivity (Wildman–Crippen MR) is 61.2 cm³/mol. The van der Waals surface area contributed by atoms with Gasteiger partial charge in [0.05, 0.1) is 0 Å². The Morgan fingerprint density at radius 2 is 0.923 bits per heavy atom. The smallest absolute Gasteiger partial charge is 0.0480 e. The lowest BCUT2D eigenvalue weighted by Crippen LogP contribution is -2.17. The first-order valence-corrected chi connectivity index (χ1v) is 7.41. The highest BCUT2D eigenvalue weighted by Gasteiger charge is 2.08. The van der Waals surface area contributed by atoms with Crippen molar-refractivity contribution in [2.75, 3.05) is 19.6 Å². The van der Waals surface area contributed by atoms with Crippen LogP contribution in [0.3, 0.4) is 0 Å². The molecule has 0 spiro atoms. The van der Waals surface area contributed by atoms with E-state index in [9.17, 15) is 0 Å². The van der Waals surface area contributed by atoms with Crippen molar-refractivity contribution in [1.29, 1.82) is 0 Å². The van der Waals surface area contributed by atoms with Crippen LogP contribution < -0.4 is 17.2 Å². The summed E-state index contributed by atoms with van der Waals surface area (Å²) >= 11 is 0. The summed E-state index contributed by atoms with van der Waals surface area (Å²) in [4.78, 5) is 0. The van der Waals surface area contributed by atoms with Crippen LogP contribution in [0.15, 0.2) is 0 Å². The molecule has 0 amide bonds. The van der Waals surface area contributed by atoms with Crippen LogP contribution in [0.2, 0.25) is 18.1 Å². The summed E-state index contributed by atoms with van der Waals surface area (Å²) in [7, 11) is -0.173. The van der Waals surface area contributed by atoms with Gasteiger partial charge < -0.3 is 17.2 Å². The summed E-state index contributed by atoms with van der Waals surface area (Å²) in [5, 5.41) is 0. The zero-order valence-electron chi connectivity index (χ0n) is 8.60. The third kappa shape index (κ3) is 8.43. The molecular formula is C9H24N3Si. The van der Waals surface area contributed by atoms with Gasteiger partial charge in [0, 0.05) is 8.80 Å². The minimum absolute atomic E-state index is 0.173. The van der Waals surface area contributed by atoms with E-state index in [2.05, 4.69) is 0 Å². The molecule has 0 saturated carbocycles. The zero-order chi connectivity index (χ0) is 9.94. The predicted octanol–water partition coefficient (Wildman–Crippen LogP) is 0.528. The number of hydrogen-bond donors (Lipinski definition) is 3. The summed E-state index contributed by atoms with van der Waals surface area (Å²) in [5.41, 5.74) is 16.5. The van der Waals surface area contributed by atoms with Crippen molar-refractivity contribution in [2.24, 2.45) is 17.2 Å². The van der Waals surface area contributed by atoms with Gasteiger partial charge >= 0.3 is 0 Å². The van der Waals surface area contributed by atoms with Gasteiger partial charge in [-0.25, -0.2) is 0 Å². The minimum atomic E-state index is -0.173. The van der Waals surface area contributed by atoms with Crippen LogP contribution in [-0.4, -0.2) is 28.4 Å². The molecule has 13 heavy (non-hydrogen) atoms. The highest BCUT2D eigenvalue weighted by Crippen LogP contribution is 2.11. The van der Waals surface area contributed by atoms with Gasteiger partial charge in [-0.1, -0.05) is 18.1 Å². The van der Waals surface area contributed by atoms with Gasteiger partial charge in [-0.05, 0) is 38.9 Å². The first-order valence-electron chi connectivity index (χ1n) is 5.29. The molecule has 0 aliphatic rings. The molecule has 0 aromatic rings. The lowest BCUT2D eigenvalue weighted by Gasteiger charge is -2.13. The maximum Gasteiger partial charge on any atom is 0.0480 e. The highest BCUT2D eigenvalue weighted by atomic mass is 28.3. The number of hydrogen-bond acceptors (Lipinski definition) is 3. The molecule has 4 heteroatoms. The highest BCUT2D eigenvalue weighted by molar-refractivity contribution is 6.58. The summed E-state index contributed by atoms with van der Waals surface area (Å²) in [6, 6.07) is 4.05. The Morgan fingerprint density at radius 1 is 0.615 bits per heavy atom. The van der Waals surface area contributed by atoms with Crippen molar-refractivity contribution in [3.05, 3.63) is 0 Å². The van der Waals surface area contributed by atoms with Crippen molar-refractivity contribution in [2.45, 2.75) is 37.4 Å². The second-order valence-corrected chi connectivity index (χ2v) is 6.43. The summed E-state index contributed by atoms with van der Waals surface area (Å²) < 4.78 is 0. The quantitative estimate of drug-likeness (QED) is 0.477. The van der Waals surface area contributed by atoms with Crippen molar-refractivity contribution in [1.82, 2.24) is 0 Å². The molecular weight excluding hydrogens is 178 g/mol. The molecule has 1 radical (unpaired) electrons. The standard InChI is InChI=1S/C9H24N3Si/c10-4-1-7-13(8-2-5-11)9-3-6-12/h1-12H2. The molecule has 0 atom stereocenters. The second kappa shape index (κ2) is 10.2. The van der Waals surface area contributed by atoms with E-state index < -0.39 is 0 Å². The Bertz CT molecular complexity index is 81.8. The molecule has 0 bridgehead atoms. The van der Waals surface area contributed by atoms with Crippen molar-refractivity contribution >= 4 is 8.80 Å². The third-order valence-corrected chi connectivity index (χ3v) is 5.39. The van der Waals surface area contributed by atoms with Gasteiger partial charge in [0.1, 0.15) is 0 Å². The van der Waals surface area contributed by atoms with E-state index in [1.807, 2.05) is 0 Å². The van der Waals surface area contributed by atoms with E-state index in [-0.39, 0.29) is 8.80 Å². The van der Waals surface area contributed by atoms with Crippen LogP contribution in [0.4, 0.5) is 0 Å². The molecule has 6 N–H and O–H groups in total. The Kier molecular flexibility index (Phi) is 10.3. The maximum absolute atomic E-state index is 5.50. The van der Waals surface area contributed by atoms with Gasteiger partial charge in [0.2, 0.25) is 0 Å². The third-order valence-electron chi connectivity index (χ3n) is 2.20. The zero-order valence-corrected chi connectivity index (χ0v) is 9.60. The summed E-state index contributed by atoms with van der Waals surface area (Å²) in [6.07, 6.45) is 3.55. The molecule has 79 valence electrons. The largest absolute Gasteiger partial charge is 0.330 e. The fourth-order valence-corrected chi connectivity index (χ4v) is 4.29. The summed E-state index contributed by atoms with van der Waals surface area (Å²) in [5.74, 6) is 0.